The third-order valence-electron chi connectivity index (χ3n) is 6.43. The van der Waals surface area contributed by atoms with E-state index in [-0.39, 0.29) is 5.91 Å². The minimum absolute atomic E-state index is 0.135. The Morgan fingerprint density at radius 2 is 1.88 bits per heavy atom. The Kier molecular flexibility index (Phi) is 6.53. The summed E-state index contributed by atoms with van der Waals surface area (Å²) in [5.41, 5.74) is 5.69. The van der Waals surface area contributed by atoms with Gasteiger partial charge in [-0.05, 0) is 35.2 Å². The predicted molar refractivity (Wildman–Crippen MR) is 130 cm³/mol. The molecule has 0 bridgehead atoms. The highest BCUT2D eigenvalue weighted by atomic mass is 16.3. The molecule has 0 fully saturated rings. The summed E-state index contributed by atoms with van der Waals surface area (Å²) in [6, 6.07) is 19.1. The third-order valence-corrected chi connectivity index (χ3v) is 6.43. The van der Waals surface area contributed by atoms with Crippen LogP contribution in [0.2, 0.25) is 0 Å². The Labute approximate surface area is 199 Å². The number of fused-ring (bicyclic) bond motifs is 1. The van der Waals surface area contributed by atoms with Crippen molar-refractivity contribution in [2.45, 2.75) is 32.9 Å². The first-order valence-electron chi connectivity index (χ1n) is 11.8. The molecule has 0 atom stereocenters. The number of furan rings is 1. The van der Waals surface area contributed by atoms with Crippen LogP contribution in [0, 0.1) is 6.92 Å². The highest BCUT2D eigenvalue weighted by Gasteiger charge is 2.19. The van der Waals surface area contributed by atoms with Gasteiger partial charge in [-0.2, -0.15) is 0 Å². The van der Waals surface area contributed by atoms with Crippen molar-refractivity contribution >= 4 is 5.91 Å². The quantitative estimate of drug-likeness (QED) is 0.458. The topological polar surface area (TPSA) is 76.2 Å². The molecular formula is C27H29N5O2. The fourth-order valence-corrected chi connectivity index (χ4v) is 4.50. The third kappa shape index (κ3) is 4.94. The molecule has 5 rings (SSSR count). The van der Waals surface area contributed by atoms with Crippen LogP contribution in [-0.4, -0.2) is 45.2 Å². The molecule has 1 N–H and O–H groups in total. The van der Waals surface area contributed by atoms with Crippen LogP contribution in [0.15, 0.2) is 71.5 Å². The zero-order chi connectivity index (χ0) is 23.3. The van der Waals surface area contributed by atoms with Crippen LogP contribution in [0.5, 0.6) is 0 Å². The first-order valence-corrected chi connectivity index (χ1v) is 11.8. The van der Waals surface area contributed by atoms with Crippen molar-refractivity contribution in [3.05, 3.63) is 95.5 Å². The predicted octanol–water partition coefficient (Wildman–Crippen LogP) is 3.88. The lowest BCUT2D eigenvalue weighted by Crippen LogP contribution is -2.28. The standard InChI is InChI=1S/C27H29N5O2/c1-20-4-2-3-5-24(20)22-8-6-21(7-9-22)18-31-14-11-26-30-29-25(32(26)16-15-31)10-13-28-27(33)23-12-17-34-19-23/h2-9,12,17,19H,10-11,13-16,18H2,1H3,(H,28,33). The van der Waals surface area contributed by atoms with Crippen LogP contribution < -0.4 is 5.32 Å². The van der Waals surface area contributed by atoms with Gasteiger partial charge >= 0.3 is 0 Å². The molecule has 4 aromatic rings. The van der Waals surface area contributed by atoms with E-state index in [9.17, 15) is 4.79 Å². The van der Waals surface area contributed by atoms with E-state index in [0.29, 0.717) is 18.5 Å². The maximum atomic E-state index is 12.1. The molecule has 0 unspecified atom stereocenters. The second kappa shape index (κ2) is 10.1. The Balaban J connectivity index is 1.16. The highest BCUT2D eigenvalue weighted by molar-refractivity contribution is 5.93. The van der Waals surface area contributed by atoms with Crippen LogP contribution in [-0.2, 0) is 25.9 Å². The van der Waals surface area contributed by atoms with Crippen molar-refractivity contribution in [1.29, 1.82) is 0 Å². The lowest BCUT2D eigenvalue weighted by atomic mass is 9.99. The van der Waals surface area contributed by atoms with Gasteiger partial charge < -0.3 is 14.3 Å². The van der Waals surface area contributed by atoms with Crippen molar-refractivity contribution in [3.63, 3.8) is 0 Å². The van der Waals surface area contributed by atoms with Crippen LogP contribution >= 0.6 is 0 Å². The normalized spacial score (nSPS) is 13.9. The number of amides is 1. The largest absolute Gasteiger partial charge is 0.472 e. The molecule has 0 spiro atoms. The SMILES string of the molecule is Cc1ccccc1-c1ccc(CN2CCc3nnc(CCNC(=O)c4ccoc4)n3CC2)cc1. The Morgan fingerprint density at radius 1 is 1.03 bits per heavy atom. The van der Waals surface area contributed by atoms with Crippen molar-refractivity contribution < 1.29 is 9.21 Å². The Bertz CT molecular complexity index is 1240. The van der Waals surface area contributed by atoms with Crippen LogP contribution in [0.3, 0.4) is 0 Å². The molecule has 0 saturated carbocycles. The van der Waals surface area contributed by atoms with E-state index in [2.05, 4.69) is 80.4 Å². The summed E-state index contributed by atoms with van der Waals surface area (Å²) < 4.78 is 7.18. The van der Waals surface area contributed by atoms with Gasteiger partial charge in [-0.15, -0.1) is 10.2 Å². The average Bonchev–Trinajstić information content (AvgIpc) is 3.48. The molecule has 7 heteroatoms. The fourth-order valence-electron chi connectivity index (χ4n) is 4.50. The molecule has 1 aliphatic heterocycles. The molecule has 3 heterocycles. The van der Waals surface area contributed by atoms with Crippen LogP contribution in [0.1, 0.15) is 33.1 Å². The van der Waals surface area contributed by atoms with Crippen molar-refractivity contribution in [2.75, 3.05) is 19.6 Å². The number of nitrogens with one attached hydrogen (secondary N) is 1. The van der Waals surface area contributed by atoms with Crippen molar-refractivity contribution in [1.82, 2.24) is 25.0 Å². The molecule has 2 aromatic heterocycles. The van der Waals surface area contributed by atoms with E-state index in [1.165, 1.54) is 34.8 Å². The summed E-state index contributed by atoms with van der Waals surface area (Å²) in [7, 11) is 0. The van der Waals surface area contributed by atoms with Gasteiger partial charge in [0.15, 0.2) is 0 Å². The van der Waals surface area contributed by atoms with E-state index in [4.69, 9.17) is 4.42 Å². The van der Waals surface area contributed by atoms with E-state index in [1.807, 2.05) is 0 Å². The highest BCUT2D eigenvalue weighted by Crippen LogP contribution is 2.24. The van der Waals surface area contributed by atoms with Gasteiger partial charge in [0, 0.05) is 45.6 Å². The first-order chi connectivity index (χ1) is 16.7. The summed E-state index contributed by atoms with van der Waals surface area (Å²) in [5, 5.41) is 11.7. The average molecular weight is 456 g/mol. The molecule has 34 heavy (non-hydrogen) atoms. The molecule has 174 valence electrons. The molecule has 2 aromatic carbocycles. The summed E-state index contributed by atoms with van der Waals surface area (Å²) in [6.07, 6.45) is 4.47. The summed E-state index contributed by atoms with van der Waals surface area (Å²) in [5.74, 6) is 1.81. The van der Waals surface area contributed by atoms with Gasteiger partial charge in [-0.3, -0.25) is 9.69 Å². The molecule has 0 aliphatic carbocycles. The Hall–Kier alpha value is -3.71. The smallest absolute Gasteiger partial charge is 0.254 e. The Morgan fingerprint density at radius 3 is 2.68 bits per heavy atom. The number of hydrogen-bond donors (Lipinski definition) is 1. The molecule has 1 amide bonds. The van der Waals surface area contributed by atoms with Gasteiger partial charge in [0.2, 0.25) is 0 Å². The van der Waals surface area contributed by atoms with Crippen LogP contribution in [0.25, 0.3) is 11.1 Å². The number of hydrogen-bond acceptors (Lipinski definition) is 5. The lowest BCUT2D eigenvalue weighted by molar-refractivity contribution is 0.0953. The number of aromatic nitrogens is 3. The number of benzene rings is 2. The second-order valence-corrected chi connectivity index (χ2v) is 8.74. The molecule has 0 saturated heterocycles. The summed E-state index contributed by atoms with van der Waals surface area (Å²) in [4.78, 5) is 14.6. The molecule has 7 nitrogen and oxygen atoms in total. The van der Waals surface area contributed by atoms with Gasteiger partial charge in [0.25, 0.3) is 5.91 Å². The van der Waals surface area contributed by atoms with Gasteiger partial charge in [0.1, 0.15) is 17.9 Å². The number of rotatable bonds is 7. The number of aryl methyl sites for hydroxylation is 1. The van der Waals surface area contributed by atoms with Crippen molar-refractivity contribution in [3.8, 4) is 11.1 Å². The first kappa shape index (κ1) is 22.1. The minimum Gasteiger partial charge on any atom is -0.472 e. The molecular weight excluding hydrogens is 426 g/mol. The van der Waals surface area contributed by atoms with Gasteiger partial charge in [-0.25, -0.2) is 0 Å². The van der Waals surface area contributed by atoms with E-state index in [0.717, 1.165) is 44.2 Å². The van der Waals surface area contributed by atoms with E-state index in [1.54, 1.807) is 6.07 Å². The monoisotopic (exact) mass is 455 g/mol. The number of nitrogens with zero attached hydrogens (tertiary/aromatic N) is 4. The zero-order valence-electron chi connectivity index (χ0n) is 19.4. The van der Waals surface area contributed by atoms with E-state index >= 15 is 0 Å². The zero-order valence-corrected chi connectivity index (χ0v) is 19.4. The van der Waals surface area contributed by atoms with Gasteiger partial charge in [-0.1, -0.05) is 48.5 Å². The molecule has 0 radical (unpaired) electrons. The number of carbonyl (C=O) groups excluding carboxylic acids is 1. The minimum atomic E-state index is -0.135. The fraction of sp³-hybridized carbons (Fsp3) is 0.296. The summed E-state index contributed by atoms with van der Waals surface area (Å²) in [6.45, 7) is 6.34. The number of carbonyl (C=O) groups is 1. The molecule has 1 aliphatic rings. The summed E-state index contributed by atoms with van der Waals surface area (Å²) >= 11 is 0. The van der Waals surface area contributed by atoms with E-state index < -0.39 is 0 Å². The van der Waals surface area contributed by atoms with Gasteiger partial charge in [0.05, 0.1) is 11.8 Å². The lowest BCUT2D eigenvalue weighted by Gasteiger charge is -2.20. The maximum absolute atomic E-state index is 12.1. The van der Waals surface area contributed by atoms with Crippen LogP contribution in [0.4, 0.5) is 0 Å². The maximum Gasteiger partial charge on any atom is 0.254 e. The second-order valence-electron chi connectivity index (χ2n) is 8.74. The van der Waals surface area contributed by atoms with Crippen molar-refractivity contribution in [2.24, 2.45) is 0 Å².